The van der Waals surface area contributed by atoms with Crippen LogP contribution in [0, 0.1) is 0 Å². The van der Waals surface area contributed by atoms with Crippen LogP contribution in [-0.2, 0) is 14.2 Å². The molecule has 0 radical (unpaired) electrons. The molecule has 20 heavy (non-hydrogen) atoms. The average Bonchev–Trinajstić information content (AvgIpc) is 2.82. The molecule has 1 fully saturated rings. The van der Waals surface area contributed by atoms with Crippen molar-refractivity contribution in [1.82, 2.24) is 5.32 Å². The van der Waals surface area contributed by atoms with E-state index in [1.54, 1.807) is 0 Å². The van der Waals surface area contributed by atoms with Crippen molar-refractivity contribution >= 4 is 0 Å². The fourth-order valence-corrected chi connectivity index (χ4v) is 2.15. The maximum Gasteiger partial charge on any atom is 0.0813 e. The van der Waals surface area contributed by atoms with Crippen molar-refractivity contribution in [1.29, 1.82) is 0 Å². The SMILES string of the molecule is CCCCOCCOCC1CCC(CNC(C)(C)C)O1. The van der Waals surface area contributed by atoms with Gasteiger partial charge in [0.2, 0.25) is 0 Å². The smallest absolute Gasteiger partial charge is 0.0813 e. The first kappa shape index (κ1) is 17.9. The fraction of sp³-hybridized carbons (Fsp3) is 1.00. The van der Waals surface area contributed by atoms with Gasteiger partial charge in [0.25, 0.3) is 0 Å². The third kappa shape index (κ3) is 8.90. The highest BCUT2D eigenvalue weighted by molar-refractivity contribution is 4.79. The Bertz CT molecular complexity index is 240. The van der Waals surface area contributed by atoms with Crippen LogP contribution >= 0.6 is 0 Å². The van der Waals surface area contributed by atoms with Gasteiger partial charge < -0.3 is 19.5 Å². The zero-order valence-corrected chi connectivity index (χ0v) is 13.7. The molecule has 0 amide bonds. The van der Waals surface area contributed by atoms with Crippen molar-refractivity contribution in [2.24, 2.45) is 0 Å². The van der Waals surface area contributed by atoms with Gasteiger partial charge in [-0.2, -0.15) is 0 Å². The Morgan fingerprint density at radius 2 is 1.75 bits per heavy atom. The molecule has 0 aromatic carbocycles. The van der Waals surface area contributed by atoms with Gasteiger partial charge in [-0.3, -0.25) is 0 Å². The van der Waals surface area contributed by atoms with Gasteiger partial charge in [0, 0.05) is 18.7 Å². The number of ether oxygens (including phenoxy) is 3. The van der Waals surface area contributed by atoms with Crippen molar-refractivity contribution < 1.29 is 14.2 Å². The summed E-state index contributed by atoms with van der Waals surface area (Å²) in [5.41, 5.74) is 0.160. The van der Waals surface area contributed by atoms with Gasteiger partial charge in [-0.25, -0.2) is 0 Å². The third-order valence-corrected chi connectivity index (χ3v) is 3.37. The lowest BCUT2D eigenvalue weighted by atomic mass is 10.1. The molecule has 1 N–H and O–H groups in total. The summed E-state index contributed by atoms with van der Waals surface area (Å²) in [5, 5.41) is 3.49. The van der Waals surface area contributed by atoms with Gasteiger partial charge in [-0.15, -0.1) is 0 Å². The summed E-state index contributed by atoms with van der Waals surface area (Å²) in [7, 11) is 0. The van der Waals surface area contributed by atoms with Gasteiger partial charge in [0.15, 0.2) is 0 Å². The van der Waals surface area contributed by atoms with Crippen LogP contribution in [0.25, 0.3) is 0 Å². The molecule has 0 saturated carbocycles. The van der Waals surface area contributed by atoms with Crippen LogP contribution < -0.4 is 5.32 Å². The van der Waals surface area contributed by atoms with Crippen molar-refractivity contribution in [3.8, 4) is 0 Å². The van der Waals surface area contributed by atoms with Crippen LogP contribution in [0.1, 0.15) is 53.4 Å². The Balaban J connectivity index is 1.96. The second-order valence-electron chi connectivity index (χ2n) is 6.63. The van der Waals surface area contributed by atoms with Gasteiger partial charge in [0.1, 0.15) is 0 Å². The summed E-state index contributed by atoms with van der Waals surface area (Å²) < 4.78 is 17.1. The second kappa shape index (κ2) is 9.72. The van der Waals surface area contributed by atoms with Crippen LogP contribution in [0.5, 0.6) is 0 Å². The van der Waals surface area contributed by atoms with E-state index in [1.165, 1.54) is 6.42 Å². The molecule has 1 aliphatic rings. The van der Waals surface area contributed by atoms with Gasteiger partial charge in [-0.05, 0) is 40.0 Å². The lowest BCUT2D eigenvalue weighted by molar-refractivity contribution is -0.0295. The standard InChI is InChI=1S/C16H33NO3/c1-5-6-9-18-10-11-19-13-15-8-7-14(20-15)12-17-16(2,3)4/h14-15,17H,5-13H2,1-4H3. The molecule has 0 aromatic heterocycles. The van der Waals surface area contributed by atoms with E-state index < -0.39 is 0 Å². The van der Waals surface area contributed by atoms with E-state index in [-0.39, 0.29) is 11.6 Å². The molecule has 1 heterocycles. The second-order valence-corrected chi connectivity index (χ2v) is 6.63. The van der Waals surface area contributed by atoms with Crippen LogP contribution in [0.2, 0.25) is 0 Å². The van der Waals surface area contributed by atoms with Crippen molar-refractivity contribution in [2.45, 2.75) is 71.1 Å². The molecular formula is C16H33NO3. The highest BCUT2D eigenvalue weighted by Gasteiger charge is 2.26. The lowest BCUT2D eigenvalue weighted by Gasteiger charge is -2.23. The summed E-state index contributed by atoms with van der Waals surface area (Å²) in [6.45, 7) is 12.6. The van der Waals surface area contributed by atoms with E-state index in [2.05, 4.69) is 33.0 Å². The monoisotopic (exact) mass is 287 g/mol. The van der Waals surface area contributed by atoms with E-state index in [1.807, 2.05) is 0 Å². The van der Waals surface area contributed by atoms with E-state index in [0.29, 0.717) is 25.9 Å². The molecule has 120 valence electrons. The summed E-state index contributed by atoms with van der Waals surface area (Å²) in [4.78, 5) is 0. The number of rotatable bonds is 10. The highest BCUT2D eigenvalue weighted by atomic mass is 16.6. The molecule has 2 atom stereocenters. The Morgan fingerprint density at radius 1 is 1.05 bits per heavy atom. The number of hydrogen-bond acceptors (Lipinski definition) is 4. The largest absolute Gasteiger partial charge is 0.379 e. The first-order valence-corrected chi connectivity index (χ1v) is 8.07. The Kier molecular flexibility index (Phi) is 8.69. The molecule has 2 unspecified atom stereocenters. The maximum absolute atomic E-state index is 5.97. The molecule has 0 spiro atoms. The minimum absolute atomic E-state index is 0.160. The summed E-state index contributed by atoms with van der Waals surface area (Å²) >= 11 is 0. The lowest BCUT2D eigenvalue weighted by Crippen LogP contribution is -2.41. The predicted octanol–water partition coefficient (Wildman–Crippen LogP) is 2.76. The average molecular weight is 287 g/mol. The molecule has 4 heteroatoms. The molecule has 0 aliphatic carbocycles. The Hall–Kier alpha value is -0.160. The molecule has 1 saturated heterocycles. The van der Waals surface area contributed by atoms with E-state index >= 15 is 0 Å². The van der Waals surface area contributed by atoms with Crippen LogP contribution in [-0.4, -0.2) is 50.7 Å². The van der Waals surface area contributed by atoms with Gasteiger partial charge >= 0.3 is 0 Å². The van der Waals surface area contributed by atoms with E-state index in [4.69, 9.17) is 14.2 Å². The highest BCUT2D eigenvalue weighted by Crippen LogP contribution is 2.20. The molecule has 1 rings (SSSR count). The molecular weight excluding hydrogens is 254 g/mol. The Labute approximate surface area is 124 Å². The predicted molar refractivity (Wildman–Crippen MR) is 82.2 cm³/mol. The summed E-state index contributed by atoms with van der Waals surface area (Å²) in [6, 6.07) is 0. The minimum atomic E-state index is 0.160. The van der Waals surface area contributed by atoms with Crippen molar-refractivity contribution in [3.63, 3.8) is 0 Å². The molecule has 4 nitrogen and oxygen atoms in total. The number of nitrogens with one attached hydrogen (secondary N) is 1. The van der Waals surface area contributed by atoms with Crippen LogP contribution in [0.4, 0.5) is 0 Å². The van der Waals surface area contributed by atoms with Gasteiger partial charge in [-0.1, -0.05) is 13.3 Å². The summed E-state index contributed by atoms with van der Waals surface area (Å²) in [6.07, 6.45) is 5.15. The van der Waals surface area contributed by atoms with Crippen molar-refractivity contribution in [3.05, 3.63) is 0 Å². The molecule has 0 aromatic rings. The fourth-order valence-electron chi connectivity index (χ4n) is 2.15. The molecule has 1 aliphatic heterocycles. The first-order chi connectivity index (χ1) is 9.51. The Morgan fingerprint density at radius 3 is 2.45 bits per heavy atom. The molecule has 0 bridgehead atoms. The maximum atomic E-state index is 5.97. The van der Waals surface area contributed by atoms with E-state index in [0.717, 1.165) is 32.4 Å². The van der Waals surface area contributed by atoms with Crippen LogP contribution in [0.15, 0.2) is 0 Å². The van der Waals surface area contributed by atoms with Crippen molar-refractivity contribution in [2.75, 3.05) is 33.0 Å². The zero-order valence-electron chi connectivity index (χ0n) is 13.7. The van der Waals surface area contributed by atoms with Crippen LogP contribution in [0.3, 0.4) is 0 Å². The number of hydrogen-bond donors (Lipinski definition) is 1. The topological polar surface area (TPSA) is 39.7 Å². The number of unbranched alkanes of at least 4 members (excludes halogenated alkanes) is 1. The quantitative estimate of drug-likeness (QED) is 0.627. The summed E-state index contributed by atoms with van der Waals surface area (Å²) in [5.74, 6) is 0. The normalized spacial score (nSPS) is 23.4. The van der Waals surface area contributed by atoms with Gasteiger partial charge in [0.05, 0.1) is 32.0 Å². The third-order valence-electron chi connectivity index (χ3n) is 3.37. The zero-order chi connectivity index (χ0) is 14.8. The minimum Gasteiger partial charge on any atom is -0.379 e. The van der Waals surface area contributed by atoms with E-state index in [9.17, 15) is 0 Å². The first-order valence-electron chi connectivity index (χ1n) is 8.07.